The van der Waals surface area contributed by atoms with Crippen LogP contribution in [0.1, 0.15) is 183 Å². The van der Waals surface area contributed by atoms with Crippen LogP contribution in [0.25, 0.3) is 0 Å². The fourth-order valence-electron chi connectivity index (χ4n) is 8.52. The second kappa shape index (κ2) is 73.7. The van der Waals surface area contributed by atoms with Crippen molar-refractivity contribution in [2.24, 2.45) is 58.8 Å². The predicted octanol–water partition coefficient (Wildman–Crippen LogP) is 4.06. The smallest absolute Gasteiger partial charge is 1.00 e. The molecule has 0 radical (unpaired) electrons. The van der Waals surface area contributed by atoms with Gasteiger partial charge in [0.1, 0.15) is 6.29 Å². The van der Waals surface area contributed by atoms with Gasteiger partial charge >= 0.3 is 29.0 Å². The first-order chi connectivity index (χ1) is 39.0. The molecule has 1 aromatic rings. The van der Waals surface area contributed by atoms with Crippen molar-refractivity contribution in [2.45, 2.75) is 207 Å². The first kappa shape index (κ1) is 107. The van der Waals surface area contributed by atoms with Crippen LogP contribution < -0.4 is 34.5 Å². The number of aliphatic carboxylic acids is 1. The molecule has 20 nitrogen and oxygen atoms in total. The van der Waals surface area contributed by atoms with Gasteiger partial charge in [0.2, 0.25) is 5.91 Å². The summed E-state index contributed by atoms with van der Waals surface area (Å²) in [6.45, 7) is 20.3. The molecule has 1 aromatic carbocycles. The quantitative estimate of drug-likeness (QED) is 0.0337. The second-order valence-corrected chi connectivity index (χ2v) is 24.5. The molecule has 9 atom stereocenters. The molecule has 0 heterocycles. The molecular formula is C63H134Cl2MgN6O14S. The Labute approximate surface area is 559 Å². The van der Waals surface area contributed by atoms with Crippen LogP contribution in [0, 0.1) is 60.7 Å². The van der Waals surface area contributed by atoms with E-state index in [1.54, 1.807) is 26.1 Å². The van der Waals surface area contributed by atoms with Crippen LogP contribution in [-0.2, 0) is 24.5 Å². The number of aliphatic hydroxyl groups is 6. The number of aryl methyl sites for hydroxylation is 1. The van der Waals surface area contributed by atoms with Crippen LogP contribution in [0.4, 0.5) is 0 Å². The number of benzene rings is 1. The van der Waals surface area contributed by atoms with E-state index in [-0.39, 0.29) is 114 Å². The summed E-state index contributed by atoms with van der Waals surface area (Å²) in [7, 11) is 9.05. The number of hydrogen-bond donors (Lipinski definition) is 12. The van der Waals surface area contributed by atoms with E-state index in [9.17, 15) is 33.0 Å². The summed E-state index contributed by atoms with van der Waals surface area (Å²) in [6, 6.07) is 5.90. The number of nitrogens with two attached hydrogens (primary N) is 2. The van der Waals surface area contributed by atoms with Crippen molar-refractivity contribution in [3.05, 3.63) is 36.2 Å². The number of aldehydes is 1. The van der Waals surface area contributed by atoms with Gasteiger partial charge in [-0.05, 0) is 143 Å². The zero-order valence-electron chi connectivity index (χ0n) is 57.3. The monoisotopic (exact) mass is 1320 g/mol. The van der Waals surface area contributed by atoms with E-state index in [2.05, 4.69) is 69.5 Å². The molecule has 16 N–H and O–H groups in total. The van der Waals surface area contributed by atoms with Crippen LogP contribution >= 0.6 is 12.4 Å². The summed E-state index contributed by atoms with van der Waals surface area (Å²) in [6.07, 6.45) is 27.2. The summed E-state index contributed by atoms with van der Waals surface area (Å²) in [5, 5.41) is 67.0. The van der Waals surface area contributed by atoms with Gasteiger partial charge in [-0.25, -0.2) is 0 Å². The van der Waals surface area contributed by atoms with Crippen LogP contribution in [0.2, 0.25) is 0 Å². The molecular weight excluding hydrogens is 1190 g/mol. The van der Waals surface area contributed by atoms with Crippen LogP contribution in [0.15, 0.2) is 29.2 Å². The van der Waals surface area contributed by atoms with Crippen LogP contribution in [-0.4, -0.2) is 219 Å². The fourth-order valence-corrected chi connectivity index (χ4v) is 9.00. The predicted molar refractivity (Wildman–Crippen MR) is 360 cm³/mol. The van der Waals surface area contributed by atoms with Gasteiger partial charge in [-0.2, -0.15) is 21.3 Å². The summed E-state index contributed by atoms with van der Waals surface area (Å²) in [4.78, 5) is 34.3. The van der Waals surface area contributed by atoms with Crippen molar-refractivity contribution in [2.75, 3.05) is 95.4 Å². The standard InChI is InChI=1S/C12H25NO.C11H24N2O.C7H8O3S.C6H14O.C6H12O.C6H11.C5H11NO2.C5H13NO.C4H8O3.CH5N.2ClH.Mg.H2O/c1-10(9-13(2)3)12(14)11-7-5-4-6-8-11;1-13(2)8-10(12)11(14)9-6-4-3-5-7-9;1-6-2-4-7(5-3-6)11(8,9)10;2*1-3-4-6(2)5-7;1-2-4-6-5-3-1;1-4(3-7)5(8)6-2;1-5(4-7)3-6-2;1-3(2-5)4(6)7;1-2;;;;/h10-12,14H,4-9H2,1-3H3;9-11,14H,3-8,12H2,1-2H3;2-5H,1H3,(H,8,9,10);6-7H,3-5H2,1-2H3;5-6H,3-4H2,1-2H3;1H,2-6H2;4,7H,3H2,1-2H3,(H,6,8);5-7H,3-4H2,1-2H3;3,5H,2H2,1H3,(H,6,7);2H2,1H3;2*1H;;1H2/q;;;;;-1;;;;;;;+2;/p-1/t10-,12+;10-,11-;;2*6-;;4-;5-;3-;;;;;/m11.11.010...../s1. The number of halogens is 2. The average Bonchev–Trinajstić information content (AvgIpc) is 3.50. The molecule has 0 bridgehead atoms. The van der Waals surface area contributed by atoms with Crippen molar-refractivity contribution in [1.82, 2.24) is 20.4 Å². The van der Waals surface area contributed by atoms with E-state index in [1.807, 2.05) is 46.8 Å². The number of carbonyl (C=O) groups is 3. The number of aliphatic hydroxyl groups excluding tert-OH is 6. The Kier molecular flexibility index (Phi) is 90.8. The molecule has 522 valence electrons. The van der Waals surface area contributed by atoms with E-state index < -0.39 is 22.0 Å². The normalized spacial score (nSPS) is 16.4. The molecule has 0 aromatic heterocycles. The van der Waals surface area contributed by atoms with Gasteiger partial charge in [-0.15, -0.1) is 12.4 Å². The SMILES string of the molecule is CCC[C@@H](C)C=O.CCC[C@@H](C)CO.CN.CN(C)C[C@@H](N)[C@H](O)C1CCCCC1.CNC(=O)[C@@H](C)CO.CNC[C@@H](C)CO.C[C@@H](CO)C(=O)O.C[C@H](CN(C)C)[C@H](O)C1CCCCC1.Cc1ccc(S(=O)(=O)O)cc1.Cl.O.[CH-]1CCCCC1.[Cl-].[Mg+2]. The van der Waals surface area contributed by atoms with Crippen molar-refractivity contribution in [3.63, 3.8) is 0 Å². The summed E-state index contributed by atoms with van der Waals surface area (Å²) < 4.78 is 29.6. The zero-order chi connectivity index (χ0) is 65.4. The number of rotatable bonds is 22. The molecule has 3 fully saturated rings. The zero-order valence-corrected chi connectivity index (χ0v) is 61.1. The summed E-state index contributed by atoms with van der Waals surface area (Å²) >= 11 is 0. The Hall–Kier alpha value is -1.39. The van der Waals surface area contributed by atoms with Crippen molar-refractivity contribution >= 4 is 63.7 Å². The number of amides is 1. The number of carboxylic acid groups (broad SMARTS) is 1. The van der Waals surface area contributed by atoms with Gasteiger partial charge in [0, 0.05) is 45.3 Å². The second-order valence-electron chi connectivity index (χ2n) is 23.1. The number of hydrogen-bond acceptors (Lipinski definition) is 16. The maximum Gasteiger partial charge on any atom is 2.00 e. The molecule has 0 aliphatic heterocycles. The van der Waals surface area contributed by atoms with Gasteiger partial charge in [0.15, 0.2) is 0 Å². The van der Waals surface area contributed by atoms with Gasteiger partial charge in [0.05, 0.1) is 42.2 Å². The molecule has 0 saturated heterocycles. The summed E-state index contributed by atoms with van der Waals surface area (Å²) in [5.41, 5.74) is 11.4. The third-order valence-electron chi connectivity index (χ3n) is 13.7. The number of carboxylic acids is 1. The Morgan fingerprint density at radius 2 is 1.09 bits per heavy atom. The average molecular weight is 1330 g/mol. The molecule has 87 heavy (non-hydrogen) atoms. The Morgan fingerprint density at radius 1 is 0.690 bits per heavy atom. The third-order valence-corrected chi connectivity index (χ3v) is 14.6. The first-order valence-corrected chi connectivity index (χ1v) is 32.3. The van der Waals surface area contributed by atoms with E-state index in [1.165, 1.54) is 116 Å². The van der Waals surface area contributed by atoms with Crippen molar-refractivity contribution in [3.8, 4) is 0 Å². The molecule has 0 spiro atoms. The van der Waals surface area contributed by atoms with Gasteiger partial charge < -0.3 is 96.7 Å². The minimum Gasteiger partial charge on any atom is -1.00 e. The molecule has 3 saturated carbocycles. The van der Waals surface area contributed by atoms with Gasteiger partial charge in [0.25, 0.3) is 10.1 Å². The van der Waals surface area contributed by atoms with Crippen LogP contribution in [0.3, 0.4) is 0 Å². The first-order valence-electron chi connectivity index (χ1n) is 30.9. The minimum atomic E-state index is -4.02. The van der Waals surface area contributed by atoms with E-state index in [4.69, 9.17) is 35.8 Å². The molecule has 0 unspecified atom stereocenters. The number of likely N-dealkylation sites (N-methyl/N-ethyl adjacent to an activating group) is 1. The van der Waals surface area contributed by atoms with E-state index >= 15 is 0 Å². The van der Waals surface area contributed by atoms with E-state index in [0.29, 0.717) is 36.2 Å². The molecule has 4 rings (SSSR count). The Balaban J connectivity index is -0.0000000965. The minimum absolute atomic E-state index is 0. The summed E-state index contributed by atoms with van der Waals surface area (Å²) in [5.74, 6) is 0.612. The third kappa shape index (κ3) is 71.9. The maximum atomic E-state index is 10.5. The molecule has 3 aliphatic carbocycles. The van der Waals surface area contributed by atoms with Gasteiger partial charge in [-0.3, -0.25) is 14.1 Å². The molecule has 1 amide bonds. The maximum absolute atomic E-state index is 10.5. The van der Waals surface area contributed by atoms with Crippen molar-refractivity contribution in [1.29, 1.82) is 0 Å². The molecule has 24 heteroatoms. The topological polar surface area (TPSA) is 361 Å². The fraction of sp³-hybridized carbons (Fsp3) is 0.841. The van der Waals surface area contributed by atoms with Crippen LogP contribution in [0.5, 0.6) is 0 Å². The molecule has 3 aliphatic rings. The largest absolute Gasteiger partial charge is 2.00 e. The van der Waals surface area contributed by atoms with Crippen molar-refractivity contribution < 1.29 is 81.0 Å². The number of nitrogens with one attached hydrogen (secondary N) is 2. The number of carbonyl (C=O) groups excluding carboxylic acids is 2. The number of nitrogens with zero attached hydrogens (tertiary/aromatic N) is 2. The Morgan fingerprint density at radius 3 is 1.32 bits per heavy atom. The Bertz CT molecular complexity index is 1620. The van der Waals surface area contributed by atoms with E-state index in [0.717, 1.165) is 63.6 Å². The van der Waals surface area contributed by atoms with Gasteiger partial charge in [-0.1, -0.05) is 137 Å².